The standard InChI is InChI=1S/C14H13BrO3/c15-8-11-12(16)6-7-13(14(11)17)18-9-10-4-2-1-3-5-10/h1-7,16-17H,8-9H2. The van der Waals surface area contributed by atoms with Crippen LogP contribution in [0.25, 0.3) is 0 Å². The molecule has 2 aromatic rings. The Kier molecular flexibility index (Phi) is 4.10. The number of hydrogen-bond acceptors (Lipinski definition) is 3. The lowest BCUT2D eigenvalue weighted by molar-refractivity contribution is 0.287. The number of phenolic OH excluding ortho intramolecular Hbond substituents is 2. The van der Waals surface area contributed by atoms with Crippen LogP contribution in [0.1, 0.15) is 11.1 Å². The van der Waals surface area contributed by atoms with E-state index in [0.717, 1.165) is 5.56 Å². The van der Waals surface area contributed by atoms with Gasteiger partial charge in [-0.3, -0.25) is 0 Å². The van der Waals surface area contributed by atoms with Crippen molar-refractivity contribution < 1.29 is 14.9 Å². The van der Waals surface area contributed by atoms with Crippen molar-refractivity contribution in [2.24, 2.45) is 0 Å². The molecule has 0 aliphatic heterocycles. The summed E-state index contributed by atoms with van der Waals surface area (Å²) in [7, 11) is 0. The lowest BCUT2D eigenvalue weighted by Crippen LogP contribution is -1.96. The molecule has 2 aromatic carbocycles. The Balaban J connectivity index is 2.15. The van der Waals surface area contributed by atoms with E-state index in [1.54, 1.807) is 6.07 Å². The van der Waals surface area contributed by atoms with E-state index in [4.69, 9.17) is 4.74 Å². The van der Waals surface area contributed by atoms with Crippen LogP contribution in [0.15, 0.2) is 42.5 Å². The number of rotatable bonds is 4. The van der Waals surface area contributed by atoms with Crippen LogP contribution in [0.4, 0.5) is 0 Å². The fourth-order valence-electron chi connectivity index (χ4n) is 1.59. The van der Waals surface area contributed by atoms with Gasteiger partial charge in [-0.2, -0.15) is 0 Å². The molecule has 0 fully saturated rings. The minimum Gasteiger partial charge on any atom is -0.507 e. The molecule has 0 bridgehead atoms. The molecule has 3 nitrogen and oxygen atoms in total. The summed E-state index contributed by atoms with van der Waals surface area (Å²) in [6.07, 6.45) is 0. The molecule has 18 heavy (non-hydrogen) atoms. The molecule has 2 N–H and O–H groups in total. The fraction of sp³-hybridized carbons (Fsp3) is 0.143. The Hall–Kier alpha value is -1.68. The number of ether oxygens (including phenoxy) is 1. The summed E-state index contributed by atoms with van der Waals surface area (Å²) in [6, 6.07) is 12.8. The van der Waals surface area contributed by atoms with Gasteiger partial charge in [-0.1, -0.05) is 46.3 Å². The molecule has 4 heteroatoms. The fourth-order valence-corrected chi connectivity index (χ4v) is 2.14. The third-order valence-corrected chi connectivity index (χ3v) is 3.15. The van der Waals surface area contributed by atoms with Crippen molar-refractivity contribution in [1.82, 2.24) is 0 Å². The van der Waals surface area contributed by atoms with Gasteiger partial charge in [-0.05, 0) is 17.7 Å². The number of alkyl halides is 1. The molecule has 0 heterocycles. The van der Waals surface area contributed by atoms with Gasteiger partial charge in [0.2, 0.25) is 0 Å². The zero-order valence-corrected chi connectivity index (χ0v) is 11.2. The Bertz CT molecular complexity index is 526. The molecule has 0 aliphatic carbocycles. The molecular weight excluding hydrogens is 296 g/mol. The van der Waals surface area contributed by atoms with Crippen LogP contribution in [-0.2, 0) is 11.9 Å². The summed E-state index contributed by atoms with van der Waals surface area (Å²) < 4.78 is 5.54. The minimum atomic E-state index is -0.0252. The smallest absolute Gasteiger partial charge is 0.165 e. The molecule has 2 rings (SSSR count). The van der Waals surface area contributed by atoms with Crippen LogP contribution in [0.2, 0.25) is 0 Å². The molecule has 0 spiro atoms. The van der Waals surface area contributed by atoms with Crippen LogP contribution in [-0.4, -0.2) is 10.2 Å². The average Bonchev–Trinajstić information content (AvgIpc) is 2.40. The van der Waals surface area contributed by atoms with Crippen molar-refractivity contribution in [2.45, 2.75) is 11.9 Å². The summed E-state index contributed by atoms with van der Waals surface area (Å²) in [4.78, 5) is 0. The second-order valence-corrected chi connectivity index (χ2v) is 4.38. The maximum atomic E-state index is 9.93. The summed E-state index contributed by atoms with van der Waals surface area (Å²) >= 11 is 3.21. The van der Waals surface area contributed by atoms with E-state index >= 15 is 0 Å². The van der Waals surface area contributed by atoms with Crippen LogP contribution in [0.5, 0.6) is 17.2 Å². The average molecular weight is 309 g/mol. The van der Waals surface area contributed by atoms with E-state index in [9.17, 15) is 10.2 Å². The van der Waals surface area contributed by atoms with E-state index in [0.29, 0.717) is 23.2 Å². The highest BCUT2D eigenvalue weighted by atomic mass is 79.9. The Morgan fingerprint density at radius 3 is 2.39 bits per heavy atom. The number of halogens is 1. The second-order valence-electron chi connectivity index (χ2n) is 3.82. The topological polar surface area (TPSA) is 49.7 Å². The van der Waals surface area contributed by atoms with E-state index in [1.165, 1.54) is 6.07 Å². The molecule has 0 aliphatic rings. The SMILES string of the molecule is Oc1ccc(OCc2ccccc2)c(O)c1CBr. The predicted molar refractivity (Wildman–Crippen MR) is 73.2 cm³/mol. The van der Waals surface area contributed by atoms with E-state index in [-0.39, 0.29) is 11.5 Å². The largest absolute Gasteiger partial charge is 0.507 e. The monoisotopic (exact) mass is 308 g/mol. The van der Waals surface area contributed by atoms with E-state index in [2.05, 4.69) is 15.9 Å². The van der Waals surface area contributed by atoms with Gasteiger partial charge in [0.05, 0.1) is 5.56 Å². The molecule has 0 amide bonds. The van der Waals surface area contributed by atoms with Gasteiger partial charge in [-0.25, -0.2) is 0 Å². The predicted octanol–water partition coefficient (Wildman–Crippen LogP) is 3.57. The highest BCUT2D eigenvalue weighted by molar-refractivity contribution is 9.08. The number of benzene rings is 2. The summed E-state index contributed by atoms with van der Waals surface area (Å²) in [5, 5.41) is 19.9. The summed E-state index contributed by atoms with van der Waals surface area (Å²) in [5.41, 5.74) is 1.45. The Morgan fingerprint density at radius 1 is 1.00 bits per heavy atom. The normalized spacial score (nSPS) is 10.3. The van der Waals surface area contributed by atoms with Gasteiger partial charge in [-0.15, -0.1) is 0 Å². The van der Waals surface area contributed by atoms with E-state index < -0.39 is 0 Å². The molecule has 0 saturated carbocycles. The number of hydrogen-bond donors (Lipinski definition) is 2. The van der Waals surface area contributed by atoms with Gasteiger partial charge in [0.15, 0.2) is 11.5 Å². The van der Waals surface area contributed by atoms with Gasteiger partial charge < -0.3 is 14.9 Å². The van der Waals surface area contributed by atoms with Crippen molar-refractivity contribution in [3.8, 4) is 17.2 Å². The van der Waals surface area contributed by atoms with Gasteiger partial charge in [0, 0.05) is 5.33 Å². The van der Waals surface area contributed by atoms with Crippen LogP contribution < -0.4 is 4.74 Å². The van der Waals surface area contributed by atoms with Crippen molar-refractivity contribution in [1.29, 1.82) is 0 Å². The Morgan fingerprint density at radius 2 is 1.72 bits per heavy atom. The van der Waals surface area contributed by atoms with Crippen molar-refractivity contribution in [3.05, 3.63) is 53.6 Å². The van der Waals surface area contributed by atoms with Crippen LogP contribution >= 0.6 is 15.9 Å². The molecule has 0 saturated heterocycles. The highest BCUT2D eigenvalue weighted by Gasteiger charge is 2.12. The van der Waals surface area contributed by atoms with Crippen molar-refractivity contribution in [2.75, 3.05) is 0 Å². The molecule has 0 aromatic heterocycles. The number of aromatic hydroxyl groups is 2. The third-order valence-electron chi connectivity index (χ3n) is 2.59. The van der Waals surface area contributed by atoms with Gasteiger partial charge in [0.1, 0.15) is 12.4 Å². The Labute approximate surface area is 114 Å². The van der Waals surface area contributed by atoms with Crippen LogP contribution in [0.3, 0.4) is 0 Å². The maximum absolute atomic E-state index is 9.93. The first-order valence-corrected chi connectivity index (χ1v) is 6.61. The zero-order chi connectivity index (χ0) is 13.0. The quantitative estimate of drug-likeness (QED) is 0.849. The molecule has 0 unspecified atom stereocenters. The van der Waals surface area contributed by atoms with Gasteiger partial charge >= 0.3 is 0 Å². The molecule has 94 valence electrons. The second kappa shape index (κ2) is 5.78. The third kappa shape index (κ3) is 2.76. The first-order valence-electron chi connectivity index (χ1n) is 5.49. The molecular formula is C14H13BrO3. The highest BCUT2D eigenvalue weighted by Crippen LogP contribution is 2.37. The first-order chi connectivity index (χ1) is 8.72. The molecule has 0 atom stereocenters. The number of phenols is 2. The van der Waals surface area contributed by atoms with Crippen LogP contribution in [0, 0.1) is 0 Å². The van der Waals surface area contributed by atoms with Crippen molar-refractivity contribution in [3.63, 3.8) is 0 Å². The minimum absolute atomic E-state index is 0.0252. The lowest BCUT2D eigenvalue weighted by Gasteiger charge is -2.11. The zero-order valence-electron chi connectivity index (χ0n) is 9.64. The summed E-state index contributed by atoms with van der Waals surface area (Å²) in [6.45, 7) is 0.376. The van der Waals surface area contributed by atoms with Gasteiger partial charge in [0.25, 0.3) is 0 Å². The maximum Gasteiger partial charge on any atom is 0.165 e. The summed E-state index contributed by atoms with van der Waals surface area (Å²) in [5.74, 6) is 0.394. The van der Waals surface area contributed by atoms with Crippen molar-refractivity contribution >= 4 is 15.9 Å². The molecule has 0 radical (unpaired) electrons. The lowest BCUT2D eigenvalue weighted by atomic mass is 10.2. The first kappa shape index (κ1) is 12.8. The van der Waals surface area contributed by atoms with E-state index in [1.807, 2.05) is 30.3 Å².